The highest BCUT2D eigenvalue weighted by Gasteiger charge is 2.26. The van der Waals surface area contributed by atoms with E-state index in [4.69, 9.17) is 14.2 Å². The summed E-state index contributed by atoms with van der Waals surface area (Å²) in [6.45, 7) is 13.5. The van der Waals surface area contributed by atoms with Gasteiger partial charge in [-0.1, -0.05) is 26.7 Å². The fraction of sp³-hybridized carbons (Fsp3) is 0.900. The first kappa shape index (κ1) is 32.2. The fourth-order valence-corrected chi connectivity index (χ4v) is 3.00. The van der Waals surface area contributed by atoms with E-state index >= 15 is 0 Å². The Kier molecular flexibility index (Phi) is 20.4. The molecule has 9 nitrogen and oxygen atoms in total. The highest BCUT2D eigenvalue weighted by molar-refractivity contribution is 5.85. The molecule has 186 valence electrons. The summed E-state index contributed by atoms with van der Waals surface area (Å²) in [6.07, 6.45) is 1.83. The van der Waals surface area contributed by atoms with Crippen molar-refractivity contribution < 1.29 is 23.8 Å². The van der Waals surface area contributed by atoms with Crippen molar-refractivity contribution in [2.45, 2.75) is 65.8 Å². The number of ether oxygens (including phenoxy) is 3. The van der Waals surface area contributed by atoms with Crippen LogP contribution in [0.1, 0.15) is 53.4 Å². The zero-order valence-electron chi connectivity index (χ0n) is 19.4. The van der Waals surface area contributed by atoms with Crippen LogP contribution >= 0.6 is 24.8 Å². The summed E-state index contributed by atoms with van der Waals surface area (Å²) < 4.78 is 16.4. The van der Waals surface area contributed by atoms with E-state index in [-0.39, 0.29) is 24.8 Å². The van der Waals surface area contributed by atoms with E-state index in [0.29, 0.717) is 19.6 Å². The molecule has 2 amide bonds. The number of alkyl carbamates (subject to hydrolysis) is 2. The van der Waals surface area contributed by atoms with Crippen LogP contribution < -0.4 is 10.6 Å². The van der Waals surface area contributed by atoms with Crippen LogP contribution in [0.2, 0.25) is 0 Å². The predicted octanol–water partition coefficient (Wildman–Crippen LogP) is 3.21. The van der Waals surface area contributed by atoms with Crippen LogP contribution in [0.5, 0.6) is 0 Å². The molecule has 2 unspecified atom stereocenters. The molecule has 0 bridgehead atoms. The Hall–Kier alpha value is -1.00. The highest BCUT2D eigenvalue weighted by atomic mass is 35.5. The normalized spacial score (nSPS) is 15.8. The van der Waals surface area contributed by atoms with Crippen molar-refractivity contribution in [1.82, 2.24) is 20.4 Å². The number of carbonyl (C=O) groups is 2. The average Bonchev–Trinajstić information content (AvgIpc) is 2.69. The summed E-state index contributed by atoms with van der Waals surface area (Å²) in [5, 5.41) is 5.51. The first-order valence-electron chi connectivity index (χ1n) is 10.9. The van der Waals surface area contributed by atoms with Gasteiger partial charge in [-0.05, 0) is 26.7 Å². The van der Waals surface area contributed by atoms with E-state index in [1.54, 1.807) is 13.8 Å². The average molecular weight is 489 g/mol. The van der Waals surface area contributed by atoms with Crippen molar-refractivity contribution in [2.75, 3.05) is 52.5 Å². The lowest BCUT2D eigenvalue weighted by atomic mass is 10.3. The van der Waals surface area contributed by atoms with Crippen molar-refractivity contribution in [3.05, 3.63) is 0 Å². The maximum atomic E-state index is 12.1. The quantitative estimate of drug-likeness (QED) is 0.303. The minimum absolute atomic E-state index is 0. The van der Waals surface area contributed by atoms with Gasteiger partial charge in [0.15, 0.2) is 12.5 Å². The van der Waals surface area contributed by atoms with Gasteiger partial charge in [-0.2, -0.15) is 0 Å². The standard InChI is InChI=1S/C20H40N4O5.2ClH/c1-5-7-9-21-19(25)28-17(3)24(12-11-23-13-15-27-16-14-23)18(4)29-20(26)22-10-8-6-2;;/h17-18H,5-16H2,1-4H3,(H,21,25)(H,22,26);2*1H. The number of unbranched alkanes of at least 4 members (excludes halogenated alkanes) is 2. The molecule has 0 spiro atoms. The highest BCUT2D eigenvalue weighted by Crippen LogP contribution is 2.10. The van der Waals surface area contributed by atoms with Gasteiger partial charge in [-0.15, -0.1) is 24.8 Å². The Morgan fingerprint density at radius 1 is 0.935 bits per heavy atom. The van der Waals surface area contributed by atoms with Crippen LogP contribution in [0.25, 0.3) is 0 Å². The van der Waals surface area contributed by atoms with Gasteiger partial charge in [-0.25, -0.2) is 14.5 Å². The molecule has 0 aromatic heterocycles. The number of hydrogen-bond donors (Lipinski definition) is 2. The van der Waals surface area contributed by atoms with E-state index in [9.17, 15) is 9.59 Å². The third-order valence-corrected chi connectivity index (χ3v) is 4.87. The van der Waals surface area contributed by atoms with Crippen LogP contribution in [0.15, 0.2) is 0 Å². The number of halogens is 2. The molecule has 0 radical (unpaired) electrons. The van der Waals surface area contributed by atoms with Gasteiger partial charge in [0.05, 0.1) is 13.2 Å². The Balaban J connectivity index is 0. The summed E-state index contributed by atoms with van der Waals surface area (Å²) in [6, 6.07) is 0. The number of hydrogen-bond acceptors (Lipinski definition) is 7. The van der Waals surface area contributed by atoms with Gasteiger partial charge in [0.2, 0.25) is 0 Å². The van der Waals surface area contributed by atoms with E-state index in [0.717, 1.165) is 58.5 Å². The van der Waals surface area contributed by atoms with Crippen LogP contribution in [-0.4, -0.2) is 86.9 Å². The molecule has 0 aliphatic carbocycles. The largest absolute Gasteiger partial charge is 0.430 e. The van der Waals surface area contributed by atoms with E-state index in [2.05, 4.69) is 29.4 Å². The Morgan fingerprint density at radius 2 is 1.39 bits per heavy atom. The monoisotopic (exact) mass is 488 g/mol. The van der Waals surface area contributed by atoms with Crippen molar-refractivity contribution in [3.63, 3.8) is 0 Å². The molecule has 11 heteroatoms. The number of nitrogens with zero attached hydrogens (tertiary/aromatic N) is 2. The molecule has 1 heterocycles. The maximum absolute atomic E-state index is 12.1. The first-order chi connectivity index (χ1) is 14.0. The number of morpholine rings is 1. The van der Waals surface area contributed by atoms with Crippen molar-refractivity contribution in [3.8, 4) is 0 Å². The molecular formula is C20H42Cl2N4O5. The second kappa shape index (κ2) is 19.7. The maximum Gasteiger partial charge on any atom is 0.408 e. The van der Waals surface area contributed by atoms with Crippen LogP contribution in [0.3, 0.4) is 0 Å². The Labute approximate surface area is 199 Å². The zero-order chi connectivity index (χ0) is 21.5. The van der Waals surface area contributed by atoms with Crippen molar-refractivity contribution in [2.24, 2.45) is 0 Å². The molecular weight excluding hydrogens is 447 g/mol. The molecule has 0 aromatic rings. The van der Waals surface area contributed by atoms with Gasteiger partial charge in [0.1, 0.15) is 0 Å². The van der Waals surface area contributed by atoms with Crippen LogP contribution in [-0.2, 0) is 14.2 Å². The number of nitrogens with one attached hydrogen (secondary N) is 2. The molecule has 0 saturated carbocycles. The van der Waals surface area contributed by atoms with E-state index in [1.807, 2.05) is 4.90 Å². The van der Waals surface area contributed by atoms with E-state index < -0.39 is 24.6 Å². The second-order valence-electron chi connectivity index (χ2n) is 7.26. The zero-order valence-corrected chi connectivity index (χ0v) is 21.0. The fourth-order valence-electron chi connectivity index (χ4n) is 3.00. The van der Waals surface area contributed by atoms with Crippen LogP contribution in [0.4, 0.5) is 9.59 Å². The number of rotatable bonds is 13. The molecule has 2 atom stereocenters. The first-order valence-corrected chi connectivity index (χ1v) is 10.9. The van der Waals surface area contributed by atoms with Crippen molar-refractivity contribution >= 4 is 37.0 Å². The van der Waals surface area contributed by atoms with Gasteiger partial charge in [0, 0.05) is 39.3 Å². The molecule has 31 heavy (non-hydrogen) atoms. The summed E-state index contributed by atoms with van der Waals surface area (Å²) >= 11 is 0. The van der Waals surface area contributed by atoms with Gasteiger partial charge >= 0.3 is 12.2 Å². The second-order valence-corrected chi connectivity index (χ2v) is 7.26. The predicted molar refractivity (Wildman–Crippen MR) is 126 cm³/mol. The van der Waals surface area contributed by atoms with Gasteiger partial charge in [0.25, 0.3) is 0 Å². The topological polar surface area (TPSA) is 92.4 Å². The molecule has 1 rings (SSSR count). The smallest absolute Gasteiger partial charge is 0.408 e. The minimum atomic E-state index is -0.531. The minimum Gasteiger partial charge on any atom is -0.430 e. The molecule has 1 saturated heterocycles. The lowest BCUT2D eigenvalue weighted by molar-refractivity contribution is -0.0960. The molecule has 1 aliphatic rings. The van der Waals surface area contributed by atoms with E-state index in [1.165, 1.54) is 0 Å². The Bertz CT molecular complexity index is 441. The molecule has 0 aromatic carbocycles. The summed E-state index contributed by atoms with van der Waals surface area (Å²) in [4.78, 5) is 28.3. The Morgan fingerprint density at radius 3 is 1.81 bits per heavy atom. The number of carbonyl (C=O) groups excluding carboxylic acids is 2. The molecule has 1 fully saturated rings. The lowest BCUT2D eigenvalue weighted by Crippen LogP contribution is -2.50. The molecule has 1 aliphatic heterocycles. The number of amides is 2. The summed E-state index contributed by atoms with van der Waals surface area (Å²) in [7, 11) is 0. The third kappa shape index (κ3) is 14.6. The molecule has 2 N–H and O–H groups in total. The summed E-state index contributed by atoms with van der Waals surface area (Å²) in [5.74, 6) is 0. The van der Waals surface area contributed by atoms with Gasteiger partial charge in [-0.3, -0.25) is 4.90 Å². The third-order valence-electron chi connectivity index (χ3n) is 4.87. The lowest BCUT2D eigenvalue weighted by Gasteiger charge is -2.35. The summed E-state index contributed by atoms with van der Waals surface area (Å²) in [5.41, 5.74) is 0. The van der Waals surface area contributed by atoms with Crippen molar-refractivity contribution in [1.29, 1.82) is 0 Å². The van der Waals surface area contributed by atoms with Crippen LogP contribution in [0, 0.1) is 0 Å². The van der Waals surface area contributed by atoms with Gasteiger partial charge < -0.3 is 24.8 Å². The SMILES string of the molecule is CCCCNC(=O)OC(C)N(CCN1CCOCC1)C(C)OC(=O)NCCCC.Cl.Cl.